The van der Waals surface area contributed by atoms with Gasteiger partial charge in [0.25, 0.3) is 0 Å². The summed E-state index contributed by atoms with van der Waals surface area (Å²) in [5, 5.41) is 0. The van der Waals surface area contributed by atoms with Crippen LogP contribution < -0.4 is 4.74 Å². The number of hydrogen-bond acceptors (Lipinski definition) is 4. The van der Waals surface area contributed by atoms with Crippen molar-refractivity contribution in [3.63, 3.8) is 0 Å². The molecule has 6 nitrogen and oxygen atoms in total. The highest BCUT2D eigenvalue weighted by atomic mass is 16.5. The average molecular weight is 432 g/mol. The molecular weight excluding hydrogens is 402 g/mol. The van der Waals surface area contributed by atoms with Gasteiger partial charge in [-0.15, -0.1) is 0 Å². The van der Waals surface area contributed by atoms with Crippen LogP contribution in [-0.4, -0.2) is 59.3 Å². The van der Waals surface area contributed by atoms with Crippen LogP contribution in [0.15, 0.2) is 48.7 Å². The van der Waals surface area contributed by atoms with Gasteiger partial charge in [-0.2, -0.15) is 0 Å². The fourth-order valence-corrected chi connectivity index (χ4v) is 4.96. The van der Waals surface area contributed by atoms with Gasteiger partial charge in [-0.3, -0.25) is 14.5 Å². The first-order valence-electron chi connectivity index (χ1n) is 11.4. The summed E-state index contributed by atoms with van der Waals surface area (Å²) >= 11 is 0. The van der Waals surface area contributed by atoms with Gasteiger partial charge in [0.15, 0.2) is 0 Å². The Labute approximate surface area is 189 Å². The van der Waals surface area contributed by atoms with Crippen LogP contribution in [0.5, 0.6) is 5.75 Å². The van der Waals surface area contributed by atoms with Crippen LogP contribution in [0, 0.1) is 0 Å². The van der Waals surface area contributed by atoms with Gasteiger partial charge in [0, 0.05) is 52.3 Å². The first-order valence-corrected chi connectivity index (χ1v) is 11.4. The minimum absolute atomic E-state index is 0.0434. The maximum absolute atomic E-state index is 13.2. The average Bonchev–Trinajstić information content (AvgIpc) is 3.27. The zero-order valence-electron chi connectivity index (χ0n) is 18.5. The highest BCUT2D eigenvalue weighted by molar-refractivity contribution is 5.82. The van der Waals surface area contributed by atoms with E-state index < -0.39 is 0 Å². The first-order chi connectivity index (χ1) is 15.6. The lowest BCUT2D eigenvalue weighted by atomic mass is 9.93. The maximum Gasteiger partial charge on any atom is 0.225 e. The molecule has 0 radical (unpaired) electrons. The predicted octanol–water partition coefficient (Wildman–Crippen LogP) is 3.23. The van der Waals surface area contributed by atoms with Crippen LogP contribution in [0.2, 0.25) is 0 Å². The van der Waals surface area contributed by atoms with Crippen molar-refractivity contribution >= 4 is 17.9 Å². The molecule has 2 amide bonds. The molecule has 1 saturated heterocycles. The molecular formula is C26H29N3O3. The van der Waals surface area contributed by atoms with E-state index in [0.29, 0.717) is 6.42 Å². The largest absolute Gasteiger partial charge is 0.493 e. The Morgan fingerprint density at radius 2 is 1.88 bits per heavy atom. The Morgan fingerprint density at radius 3 is 2.69 bits per heavy atom. The lowest BCUT2D eigenvalue weighted by molar-refractivity contribution is -0.136. The Bertz CT molecular complexity index is 1060. The van der Waals surface area contributed by atoms with Crippen molar-refractivity contribution in [2.45, 2.75) is 32.4 Å². The van der Waals surface area contributed by atoms with Crippen LogP contribution in [-0.2, 0) is 22.6 Å². The van der Waals surface area contributed by atoms with E-state index in [1.807, 2.05) is 41.4 Å². The molecule has 0 N–H and O–H groups in total. The van der Waals surface area contributed by atoms with Gasteiger partial charge in [-0.25, -0.2) is 0 Å². The third-order valence-corrected chi connectivity index (χ3v) is 6.72. The molecule has 6 heteroatoms. The number of amides is 2. The topological polar surface area (TPSA) is 53.1 Å². The number of piperazine rings is 1. The number of rotatable bonds is 4. The molecule has 3 heterocycles. The third kappa shape index (κ3) is 4.15. The summed E-state index contributed by atoms with van der Waals surface area (Å²) in [4.78, 5) is 31.4. The van der Waals surface area contributed by atoms with Crippen LogP contribution in [0.25, 0.3) is 6.08 Å². The molecule has 0 aromatic heterocycles. The van der Waals surface area contributed by atoms with E-state index in [-0.39, 0.29) is 17.9 Å². The molecule has 3 aliphatic heterocycles. The number of nitrogens with zero attached hydrogens (tertiary/aromatic N) is 3. The Kier molecular flexibility index (Phi) is 5.70. The van der Waals surface area contributed by atoms with E-state index in [0.717, 1.165) is 62.6 Å². The Morgan fingerprint density at radius 1 is 1.06 bits per heavy atom. The molecule has 3 aliphatic rings. The summed E-state index contributed by atoms with van der Waals surface area (Å²) < 4.78 is 5.60. The van der Waals surface area contributed by atoms with E-state index in [4.69, 9.17) is 4.74 Å². The monoisotopic (exact) mass is 431 g/mol. The van der Waals surface area contributed by atoms with Crippen LogP contribution in [0.3, 0.4) is 0 Å². The maximum atomic E-state index is 13.2. The van der Waals surface area contributed by atoms with Crippen molar-refractivity contribution in [3.05, 3.63) is 70.9 Å². The molecule has 166 valence electrons. The van der Waals surface area contributed by atoms with E-state index in [9.17, 15) is 9.59 Å². The Hall–Kier alpha value is -3.12. The summed E-state index contributed by atoms with van der Waals surface area (Å²) in [6.07, 6.45) is 5.05. The predicted molar refractivity (Wildman–Crippen MR) is 123 cm³/mol. The second-order valence-corrected chi connectivity index (χ2v) is 8.79. The van der Waals surface area contributed by atoms with Crippen LogP contribution >= 0.6 is 0 Å². The summed E-state index contributed by atoms with van der Waals surface area (Å²) in [7, 11) is 0. The van der Waals surface area contributed by atoms with Gasteiger partial charge in [-0.05, 0) is 34.4 Å². The van der Waals surface area contributed by atoms with Gasteiger partial charge < -0.3 is 14.5 Å². The molecule has 1 fully saturated rings. The van der Waals surface area contributed by atoms with E-state index in [2.05, 4.69) is 23.1 Å². The van der Waals surface area contributed by atoms with Crippen molar-refractivity contribution in [1.82, 2.24) is 14.7 Å². The smallest absolute Gasteiger partial charge is 0.225 e. The standard InChI is InChI=1S/C26H29N3O3/c1-19(30)29-10-8-21-4-2-3-5-23(21)24(29)17-26(31)28-13-11-27(12-14-28)18-20-6-7-25-22(16-20)9-15-32-25/h2-8,10,16,24H,9,11-15,17-18H2,1H3. The highest BCUT2D eigenvalue weighted by Crippen LogP contribution is 2.33. The van der Waals surface area contributed by atoms with Gasteiger partial charge in [0.1, 0.15) is 5.75 Å². The number of benzene rings is 2. The summed E-state index contributed by atoms with van der Waals surface area (Å²) in [5.41, 5.74) is 4.72. The molecule has 2 aromatic carbocycles. The lowest BCUT2D eigenvalue weighted by Crippen LogP contribution is -2.49. The number of hydrogen-bond donors (Lipinski definition) is 0. The summed E-state index contributed by atoms with van der Waals surface area (Å²) in [6.45, 7) is 6.39. The molecule has 5 rings (SSSR count). The van der Waals surface area contributed by atoms with Gasteiger partial charge in [-0.1, -0.05) is 36.4 Å². The van der Waals surface area contributed by atoms with Gasteiger partial charge >= 0.3 is 0 Å². The number of fused-ring (bicyclic) bond motifs is 2. The van der Waals surface area contributed by atoms with Crippen molar-refractivity contribution in [2.24, 2.45) is 0 Å². The SMILES string of the molecule is CC(=O)N1C=Cc2ccccc2C1CC(=O)N1CCN(Cc2ccc3c(c2)CCO3)CC1. The molecule has 32 heavy (non-hydrogen) atoms. The lowest BCUT2D eigenvalue weighted by Gasteiger charge is -2.37. The highest BCUT2D eigenvalue weighted by Gasteiger charge is 2.31. The van der Waals surface area contributed by atoms with Gasteiger partial charge in [0.05, 0.1) is 19.1 Å². The minimum atomic E-state index is -0.243. The van der Waals surface area contributed by atoms with Gasteiger partial charge in [0.2, 0.25) is 11.8 Å². The normalized spacial score (nSPS) is 20.0. The second kappa shape index (κ2) is 8.79. The first kappa shape index (κ1) is 20.8. The molecule has 1 atom stereocenters. The molecule has 0 spiro atoms. The third-order valence-electron chi connectivity index (χ3n) is 6.72. The van der Waals surface area contributed by atoms with Crippen molar-refractivity contribution in [2.75, 3.05) is 32.8 Å². The quantitative estimate of drug-likeness (QED) is 0.746. The van der Waals surface area contributed by atoms with Crippen molar-refractivity contribution in [1.29, 1.82) is 0 Å². The Balaban J connectivity index is 1.20. The van der Waals surface area contributed by atoms with Crippen LogP contribution in [0.1, 0.15) is 41.6 Å². The van der Waals surface area contributed by atoms with Crippen LogP contribution in [0.4, 0.5) is 0 Å². The van der Waals surface area contributed by atoms with Crippen molar-refractivity contribution in [3.8, 4) is 5.75 Å². The molecule has 2 aromatic rings. The zero-order chi connectivity index (χ0) is 22.1. The molecule has 0 saturated carbocycles. The fraction of sp³-hybridized carbons (Fsp3) is 0.385. The molecule has 1 unspecified atom stereocenters. The zero-order valence-corrected chi connectivity index (χ0v) is 18.5. The van der Waals surface area contributed by atoms with E-state index >= 15 is 0 Å². The minimum Gasteiger partial charge on any atom is -0.493 e. The van der Waals surface area contributed by atoms with E-state index in [1.54, 1.807) is 11.8 Å². The fourth-order valence-electron chi connectivity index (χ4n) is 4.96. The molecule has 0 aliphatic carbocycles. The van der Waals surface area contributed by atoms with Crippen molar-refractivity contribution < 1.29 is 14.3 Å². The number of carbonyl (C=O) groups is 2. The second-order valence-electron chi connectivity index (χ2n) is 8.79. The summed E-state index contributed by atoms with van der Waals surface area (Å²) in [6, 6.07) is 14.2. The molecule has 0 bridgehead atoms. The number of carbonyl (C=O) groups excluding carboxylic acids is 2. The van der Waals surface area contributed by atoms with E-state index in [1.165, 1.54) is 11.1 Å². The summed E-state index contributed by atoms with van der Waals surface area (Å²) in [5.74, 6) is 1.08. The number of ether oxygens (including phenoxy) is 1.